The van der Waals surface area contributed by atoms with Gasteiger partial charge in [0.15, 0.2) is 0 Å². The molecule has 0 atom stereocenters. The van der Waals surface area contributed by atoms with Crippen molar-refractivity contribution in [2.24, 2.45) is 0 Å². The van der Waals surface area contributed by atoms with Gasteiger partial charge in [0.25, 0.3) is 5.91 Å². The first-order chi connectivity index (χ1) is 8.24. The quantitative estimate of drug-likeness (QED) is 0.751. The van der Waals surface area contributed by atoms with Crippen LogP contribution in [0, 0.1) is 0 Å². The highest BCUT2D eigenvalue weighted by atomic mass is 16.5. The summed E-state index contributed by atoms with van der Waals surface area (Å²) in [6.45, 7) is 0. The van der Waals surface area contributed by atoms with Gasteiger partial charge in [0, 0.05) is 11.6 Å². The smallest absolute Gasteiger partial charge is 0.251 e. The molecule has 5 heteroatoms. The summed E-state index contributed by atoms with van der Waals surface area (Å²) in [6, 6.07) is 5.25. The molecule has 0 bridgehead atoms. The summed E-state index contributed by atoms with van der Waals surface area (Å²) >= 11 is 0. The van der Waals surface area contributed by atoms with E-state index in [0.29, 0.717) is 29.5 Å². The lowest BCUT2D eigenvalue weighted by Gasteiger charge is -2.09. The van der Waals surface area contributed by atoms with Crippen LogP contribution < -0.4 is 15.4 Å². The minimum absolute atomic E-state index is 0.121. The average Bonchev–Trinajstić information content (AvgIpc) is 3.13. The van der Waals surface area contributed by atoms with Gasteiger partial charge in [-0.1, -0.05) is 0 Å². The highest BCUT2D eigenvalue weighted by Crippen LogP contribution is 2.25. The zero-order chi connectivity index (χ0) is 12.3. The summed E-state index contributed by atoms with van der Waals surface area (Å²) in [5.41, 5.74) is 1.01. The van der Waals surface area contributed by atoms with Gasteiger partial charge in [0.05, 0.1) is 12.8 Å². The van der Waals surface area contributed by atoms with Crippen LogP contribution in [0.4, 0.5) is 5.69 Å². The zero-order valence-corrected chi connectivity index (χ0v) is 9.53. The van der Waals surface area contributed by atoms with Gasteiger partial charge >= 0.3 is 0 Å². The summed E-state index contributed by atoms with van der Waals surface area (Å²) < 4.78 is 5.07. The maximum atomic E-state index is 11.8. The predicted octanol–water partition coefficient (Wildman–Crippen LogP) is 1.16. The van der Waals surface area contributed by atoms with E-state index in [0.717, 1.165) is 12.8 Å². The lowest BCUT2D eigenvalue weighted by atomic mass is 10.1. The second-order valence-corrected chi connectivity index (χ2v) is 3.92. The van der Waals surface area contributed by atoms with Crippen molar-refractivity contribution in [3.63, 3.8) is 0 Å². The first-order valence-corrected chi connectivity index (χ1v) is 5.43. The zero-order valence-electron chi connectivity index (χ0n) is 9.53. The summed E-state index contributed by atoms with van der Waals surface area (Å²) in [5.74, 6) is 0.407. The lowest BCUT2D eigenvalue weighted by Crippen LogP contribution is -2.25. The van der Waals surface area contributed by atoms with Crippen molar-refractivity contribution >= 4 is 18.0 Å². The summed E-state index contributed by atoms with van der Waals surface area (Å²) in [7, 11) is 1.51. The molecule has 17 heavy (non-hydrogen) atoms. The minimum Gasteiger partial charge on any atom is -0.495 e. The van der Waals surface area contributed by atoms with Crippen LogP contribution in [0.1, 0.15) is 23.2 Å². The molecular formula is C12H14N2O3. The number of carbonyl (C=O) groups is 2. The van der Waals surface area contributed by atoms with Crippen molar-refractivity contribution in [2.75, 3.05) is 12.4 Å². The Kier molecular flexibility index (Phi) is 3.27. The van der Waals surface area contributed by atoms with E-state index in [1.807, 2.05) is 0 Å². The van der Waals surface area contributed by atoms with Crippen LogP contribution in [0.2, 0.25) is 0 Å². The molecule has 0 aromatic heterocycles. The molecule has 1 aliphatic rings. The molecule has 2 amide bonds. The third-order valence-corrected chi connectivity index (χ3v) is 2.59. The number of anilines is 1. The molecule has 0 heterocycles. The summed E-state index contributed by atoms with van der Waals surface area (Å²) in [4.78, 5) is 22.2. The lowest BCUT2D eigenvalue weighted by molar-refractivity contribution is -0.105. The third-order valence-electron chi connectivity index (χ3n) is 2.59. The molecule has 2 N–H and O–H groups in total. The van der Waals surface area contributed by atoms with Crippen molar-refractivity contribution in [1.29, 1.82) is 0 Å². The number of methoxy groups -OCH3 is 1. The predicted molar refractivity (Wildman–Crippen MR) is 63.2 cm³/mol. The SMILES string of the molecule is COc1ccc(C(=O)NC2CC2)cc1NC=O. The Labute approximate surface area is 99.2 Å². The molecule has 1 aromatic carbocycles. The van der Waals surface area contributed by atoms with Crippen molar-refractivity contribution in [3.05, 3.63) is 23.8 Å². The van der Waals surface area contributed by atoms with Crippen molar-refractivity contribution in [3.8, 4) is 5.75 Å². The van der Waals surface area contributed by atoms with Gasteiger partial charge in [0.1, 0.15) is 5.75 Å². The number of hydrogen-bond donors (Lipinski definition) is 2. The Morgan fingerprint density at radius 3 is 2.82 bits per heavy atom. The Hall–Kier alpha value is -2.04. The fourth-order valence-electron chi connectivity index (χ4n) is 1.52. The molecule has 0 spiro atoms. The first kappa shape index (κ1) is 11.4. The van der Waals surface area contributed by atoms with Crippen LogP contribution in [0.5, 0.6) is 5.75 Å². The molecule has 90 valence electrons. The fourth-order valence-corrected chi connectivity index (χ4v) is 1.52. The van der Waals surface area contributed by atoms with Crippen molar-refractivity contribution < 1.29 is 14.3 Å². The van der Waals surface area contributed by atoms with Gasteiger partial charge in [0.2, 0.25) is 6.41 Å². The number of ether oxygens (including phenoxy) is 1. The normalized spacial score (nSPS) is 13.9. The average molecular weight is 234 g/mol. The second-order valence-electron chi connectivity index (χ2n) is 3.92. The molecule has 0 saturated heterocycles. The standard InChI is InChI=1S/C12H14N2O3/c1-17-11-5-2-8(6-10(11)13-7-15)12(16)14-9-3-4-9/h2,5-7,9H,3-4H2,1H3,(H,13,15)(H,14,16). The molecule has 2 rings (SSSR count). The Morgan fingerprint density at radius 2 is 2.24 bits per heavy atom. The molecule has 1 fully saturated rings. The molecule has 0 radical (unpaired) electrons. The third kappa shape index (κ3) is 2.75. The minimum atomic E-state index is -0.121. The Bertz CT molecular complexity index is 441. The molecule has 0 aliphatic heterocycles. The van der Waals surface area contributed by atoms with E-state index in [2.05, 4.69) is 10.6 Å². The van der Waals surface area contributed by atoms with Gasteiger partial charge in [-0.3, -0.25) is 9.59 Å². The largest absolute Gasteiger partial charge is 0.495 e. The van der Waals surface area contributed by atoms with Gasteiger partial charge < -0.3 is 15.4 Å². The van der Waals surface area contributed by atoms with E-state index in [4.69, 9.17) is 4.74 Å². The molecule has 0 unspecified atom stereocenters. The number of rotatable bonds is 5. The number of amides is 2. The van der Waals surface area contributed by atoms with E-state index in [9.17, 15) is 9.59 Å². The van der Waals surface area contributed by atoms with Crippen molar-refractivity contribution in [2.45, 2.75) is 18.9 Å². The second kappa shape index (κ2) is 4.86. The Balaban J connectivity index is 2.18. The van der Waals surface area contributed by atoms with E-state index < -0.39 is 0 Å². The van der Waals surface area contributed by atoms with Crippen LogP contribution >= 0.6 is 0 Å². The number of nitrogens with one attached hydrogen (secondary N) is 2. The molecule has 5 nitrogen and oxygen atoms in total. The van der Waals surface area contributed by atoms with E-state index >= 15 is 0 Å². The molecular weight excluding hydrogens is 220 g/mol. The van der Waals surface area contributed by atoms with Crippen LogP contribution in [0.3, 0.4) is 0 Å². The maximum absolute atomic E-state index is 11.8. The molecule has 1 aliphatic carbocycles. The highest BCUT2D eigenvalue weighted by Gasteiger charge is 2.24. The topological polar surface area (TPSA) is 67.4 Å². The number of benzene rings is 1. The first-order valence-electron chi connectivity index (χ1n) is 5.43. The van der Waals surface area contributed by atoms with Gasteiger partial charge in [-0.15, -0.1) is 0 Å². The van der Waals surface area contributed by atoms with Gasteiger partial charge in [-0.25, -0.2) is 0 Å². The maximum Gasteiger partial charge on any atom is 0.251 e. The van der Waals surface area contributed by atoms with Crippen LogP contribution in [0.25, 0.3) is 0 Å². The molecule has 1 saturated carbocycles. The summed E-state index contributed by atoms with van der Waals surface area (Å²) in [5, 5.41) is 5.39. The van der Waals surface area contributed by atoms with E-state index in [1.54, 1.807) is 18.2 Å². The monoisotopic (exact) mass is 234 g/mol. The fraction of sp³-hybridized carbons (Fsp3) is 0.333. The van der Waals surface area contributed by atoms with Crippen LogP contribution in [-0.2, 0) is 4.79 Å². The molecule has 1 aromatic rings. The van der Waals surface area contributed by atoms with Crippen LogP contribution in [-0.4, -0.2) is 25.5 Å². The number of carbonyl (C=O) groups excluding carboxylic acids is 2. The highest BCUT2D eigenvalue weighted by molar-refractivity contribution is 5.96. The summed E-state index contributed by atoms with van der Waals surface area (Å²) in [6.07, 6.45) is 2.64. The van der Waals surface area contributed by atoms with E-state index in [-0.39, 0.29) is 5.91 Å². The number of hydrogen-bond acceptors (Lipinski definition) is 3. The van der Waals surface area contributed by atoms with Gasteiger partial charge in [-0.2, -0.15) is 0 Å². The Morgan fingerprint density at radius 1 is 1.47 bits per heavy atom. The van der Waals surface area contributed by atoms with Crippen LogP contribution in [0.15, 0.2) is 18.2 Å². The van der Waals surface area contributed by atoms with E-state index in [1.165, 1.54) is 7.11 Å². The van der Waals surface area contributed by atoms with Gasteiger partial charge in [-0.05, 0) is 31.0 Å². The van der Waals surface area contributed by atoms with Crippen molar-refractivity contribution in [1.82, 2.24) is 5.32 Å².